The van der Waals surface area contributed by atoms with E-state index in [-0.39, 0.29) is 12.0 Å². The van der Waals surface area contributed by atoms with E-state index < -0.39 is 10.0 Å². The van der Waals surface area contributed by atoms with Gasteiger partial charge in [-0.1, -0.05) is 12.1 Å². The van der Waals surface area contributed by atoms with Crippen LogP contribution < -0.4 is 5.73 Å². The third-order valence-electron chi connectivity index (χ3n) is 4.42. The Labute approximate surface area is 131 Å². The molecule has 2 heterocycles. The second kappa shape index (κ2) is 5.95. The van der Waals surface area contributed by atoms with Crippen LogP contribution in [0.3, 0.4) is 0 Å². The maximum absolute atomic E-state index is 13.0. The van der Waals surface area contributed by atoms with Crippen molar-refractivity contribution in [3.8, 4) is 0 Å². The van der Waals surface area contributed by atoms with Crippen molar-refractivity contribution in [2.45, 2.75) is 30.7 Å². The third-order valence-corrected chi connectivity index (χ3v) is 6.35. The van der Waals surface area contributed by atoms with Crippen LogP contribution in [0.2, 0.25) is 0 Å². The van der Waals surface area contributed by atoms with E-state index >= 15 is 0 Å². The summed E-state index contributed by atoms with van der Waals surface area (Å²) >= 11 is 0. The number of hydrogen-bond acceptors (Lipinski definition) is 4. The molecule has 0 amide bonds. The Morgan fingerprint density at radius 2 is 2.18 bits per heavy atom. The fourth-order valence-corrected chi connectivity index (χ4v) is 4.83. The van der Waals surface area contributed by atoms with Gasteiger partial charge in [0.15, 0.2) is 0 Å². The first kappa shape index (κ1) is 15.4. The number of benzene rings is 1. The molecule has 0 spiro atoms. The number of aromatic nitrogens is 1. The van der Waals surface area contributed by atoms with Crippen molar-refractivity contribution in [1.82, 2.24) is 9.29 Å². The van der Waals surface area contributed by atoms with Crippen molar-refractivity contribution in [1.29, 1.82) is 0 Å². The van der Waals surface area contributed by atoms with Gasteiger partial charge in [0.1, 0.15) is 0 Å². The SMILES string of the molecule is C[C@H](N)[C@H]1CCCN(S(=O)(=O)c2cccc3cnccc23)C1. The summed E-state index contributed by atoms with van der Waals surface area (Å²) in [5, 5.41) is 1.56. The molecule has 1 aromatic carbocycles. The second-order valence-corrected chi connectivity index (χ2v) is 7.88. The first-order valence-electron chi connectivity index (χ1n) is 7.58. The van der Waals surface area contributed by atoms with Gasteiger partial charge in [-0.25, -0.2) is 8.42 Å². The van der Waals surface area contributed by atoms with Crippen molar-refractivity contribution < 1.29 is 8.42 Å². The van der Waals surface area contributed by atoms with Crippen LogP contribution in [0.25, 0.3) is 10.8 Å². The Morgan fingerprint density at radius 3 is 2.95 bits per heavy atom. The average molecular weight is 319 g/mol. The minimum absolute atomic E-state index is 0.00900. The van der Waals surface area contributed by atoms with Crippen LogP contribution >= 0.6 is 0 Å². The summed E-state index contributed by atoms with van der Waals surface area (Å²) in [4.78, 5) is 4.42. The lowest BCUT2D eigenvalue weighted by molar-refractivity contribution is 0.243. The first-order chi connectivity index (χ1) is 10.5. The molecule has 2 aromatic rings. The molecule has 6 heteroatoms. The Morgan fingerprint density at radius 1 is 1.36 bits per heavy atom. The predicted octanol–water partition coefficient (Wildman–Crippen LogP) is 1.98. The van der Waals surface area contributed by atoms with Gasteiger partial charge in [0.05, 0.1) is 4.90 Å². The van der Waals surface area contributed by atoms with Gasteiger partial charge in [0.25, 0.3) is 0 Å². The van der Waals surface area contributed by atoms with Gasteiger partial charge in [-0.3, -0.25) is 4.98 Å². The molecule has 0 radical (unpaired) electrons. The van der Waals surface area contributed by atoms with E-state index in [0.717, 1.165) is 23.6 Å². The van der Waals surface area contributed by atoms with Gasteiger partial charge in [-0.15, -0.1) is 0 Å². The van der Waals surface area contributed by atoms with Crippen LogP contribution in [-0.4, -0.2) is 36.8 Å². The number of pyridine rings is 1. The Bertz CT molecular complexity index is 769. The Balaban J connectivity index is 2.01. The van der Waals surface area contributed by atoms with Gasteiger partial charge in [-0.05, 0) is 37.8 Å². The van der Waals surface area contributed by atoms with Crippen LogP contribution in [0.4, 0.5) is 0 Å². The van der Waals surface area contributed by atoms with Gasteiger partial charge in [0.2, 0.25) is 10.0 Å². The number of sulfonamides is 1. The molecule has 1 aliphatic heterocycles. The number of piperidine rings is 1. The molecule has 0 bridgehead atoms. The molecule has 1 saturated heterocycles. The second-order valence-electron chi connectivity index (χ2n) is 5.98. The lowest BCUT2D eigenvalue weighted by Gasteiger charge is -2.34. The van der Waals surface area contributed by atoms with Crippen LogP contribution in [0.1, 0.15) is 19.8 Å². The van der Waals surface area contributed by atoms with Gasteiger partial charge < -0.3 is 5.73 Å². The molecular weight excluding hydrogens is 298 g/mol. The largest absolute Gasteiger partial charge is 0.328 e. The lowest BCUT2D eigenvalue weighted by atomic mass is 9.93. The molecule has 3 rings (SSSR count). The van der Waals surface area contributed by atoms with Crippen LogP contribution in [0, 0.1) is 5.92 Å². The van der Waals surface area contributed by atoms with E-state index in [0.29, 0.717) is 18.0 Å². The summed E-state index contributed by atoms with van der Waals surface area (Å²) in [6.07, 6.45) is 5.17. The maximum Gasteiger partial charge on any atom is 0.243 e. The van der Waals surface area contributed by atoms with E-state index in [1.807, 2.05) is 13.0 Å². The van der Waals surface area contributed by atoms with Crippen LogP contribution in [0.15, 0.2) is 41.6 Å². The van der Waals surface area contributed by atoms with E-state index in [4.69, 9.17) is 5.73 Å². The third kappa shape index (κ3) is 2.74. The van der Waals surface area contributed by atoms with Gasteiger partial charge in [-0.2, -0.15) is 4.31 Å². The summed E-state index contributed by atoms with van der Waals surface area (Å²) in [7, 11) is -3.51. The van der Waals surface area contributed by atoms with E-state index in [1.54, 1.807) is 34.9 Å². The molecule has 2 atom stereocenters. The molecule has 0 aliphatic carbocycles. The topological polar surface area (TPSA) is 76.3 Å². The van der Waals surface area contributed by atoms with Crippen LogP contribution in [0.5, 0.6) is 0 Å². The minimum atomic E-state index is -3.51. The predicted molar refractivity (Wildman–Crippen MR) is 86.9 cm³/mol. The number of nitrogens with zero attached hydrogens (tertiary/aromatic N) is 2. The average Bonchev–Trinajstić information content (AvgIpc) is 2.54. The highest BCUT2D eigenvalue weighted by Gasteiger charge is 2.32. The summed E-state index contributed by atoms with van der Waals surface area (Å²) in [5.41, 5.74) is 5.97. The van der Waals surface area contributed by atoms with Crippen molar-refractivity contribution in [2.24, 2.45) is 11.7 Å². The van der Waals surface area contributed by atoms with Crippen molar-refractivity contribution in [3.05, 3.63) is 36.7 Å². The van der Waals surface area contributed by atoms with Crippen LogP contribution in [-0.2, 0) is 10.0 Å². The highest BCUT2D eigenvalue weighted by molar-refractivity contribution is 7.89. The zero-order valence-electron chi connectivity index (χ0n) is 12.6. The summed E-state index contributed by atoms with van der Waals surface area (Å²) in [6.45, 7) is 3.01. The molecule has 5 nitrogen and oxygen atoms in total. The fourth-order valence-electron chi connectivity index (χ4n) is 3.08. The van der Waals surface area contributed by atoms with Crippen molar-refractivity contribution in [2.75, 3.05) is 13.1 Å². The smallest absolute Gasteiger partial charge is 0.243 e. The highest BCUT2D eigenvalue weighted by Crippen LogP contribution is 2.29. The lowest BCUT2D eigenvalue weighted by Crippen LogP contribution is -2.44. The summed E-state index contributed by atoms with van der Waals surface area (Å²) in [6, 6.07) is 7.09. The summed E-state index contributed by atoms with van der Waals surface area (Å²) in [5.74, 6) is 0.222. The molecule has 0 unspecified atom stereocenters. The number of fused-ring (bicyclic) bond motifs is 1. The normalized spacial score (nSPS) is 21.8. The molecule has 118 valence electrons. The Hall–Kier alpha value is -1.50. The first-order valence-corrected chi connectivity index (χ1v) is 9.02. The number of hydrogen-bond donors (Lipinski definition) is 1. The standard InChI is InChI=1S/C16H21N3O2S/c1-12(17)14-5-3-9-19(11-14)22(20,21)16-6-2-4-13-10-18-8-7-15(13)16/h2,4,6-8,10,12,14H,3,5,9,11,17H2,1H3/t12-,14-/m0/s1. The quantitative estimate of drug-likeness (QED) is 0.938. The molecular formula is C16H21N3O2S. The van der Waals surface area contributed by atoms with E-state index in [2.05, 4.69) is 4.98 Å². The fraction of sp³-hybridized carbons (Fsp3) is 0.438. The maximum atomic E-state index is 13.0. The zero-order valence-corrected chi connectivity index (χ0v) is 13.5. The molecule has 22 heavy (non-hydrogen) atoms. The van der Waals surface area contributed by atoms with Crippen molar-refractivity contribution >= 4 is 20.8 Å². The minimum Gasteiger partial charge on any atom is -0.328 e. The van der Waals surface area contributed by atoms with Gasteiger partial charge >= 0.3 is 0 Å². The molecule has 0 saturated carbocycles. The highest BCUT2D eigenvalue weighted by atomic mass is 32.2. The molecule has 1 aromatic heterocycles. The van der Waals surface area contributed by atoms with E-state index in [1.165, 1.54) is 0 Å². The molecule has 2 N–H and O–H groups in total. The summed E-state index contributed by atoms with van der Waals surface area (Å²) < 4.78 is 27.7. The van der Waals surface area contributed by atoms with Gasteiger partial charge in [0, 0.05) is 42.3 Å². The number of nitrogens with two attached hydrogens (primary N) is 1. The zero-order chi connectivity index (χ0) is 15.7. The number of rotatable bonds is 3. The Kier molecular flexibility index (Phi) is 4.16. The van der Waals surface area contributed by atoms with E-state index in [9.17, 15) is 8.42 Å². The van der Waals surface area contributed by atoms with Crippen molar-refractivity contribution in [3.63, 3.8) is 0 Å². The molecule has 1 aliphatic rings. The monoisotopic (exact) mass is 319 g/mol. The molecule has 1 fully saturated rings.